The summed E-state index contributed by atoms with van der Waals surface area (Å²) in [5.41, 5.74) is 1.04. The van der Waals surface area contributed by atoms with Crippen LogP contribution in [0.25, 0.3) is 0 Å². The van der Waals surface area contributed by atoms with Crippen LogP contribution in [-0.2, 0) is 10.0 Å². The molecule has 1 aliphatic heterocycles. The molecule has 148 valence electrons. The topological polar surface area (TPSA) is 61.9 Å². The number of methoxy groups -OCH3 is 1. The lowest BCUT2D eigenvalue weighted by atomic mass is 10.0. The Hall–Kier alpha value is -1.15. The number of unbranched alkanes of at least 4 members (excludes halogenated alkanes) is 1. The second kappa shape index (κ2) is 10.3. The van der Waals surface area contributed by atoms with Crippen molar-refractivity contribution in [2.75, 3.05) is 52.1 Å². The summed E-state index contributed by atoms with van der Waals surface area (Å²) in [6.07, 6.45) is 1.56. The van der Waals surface area contributed by atoms with E-state index in [4.69, 9.17) is 4.74 Å². The van der Waals surface area contributed by atoms with E-state index in [1.807, 2.05) is 31.2 Å². The molecule has 6 nitrogen and oxygen atoms in total. The highest BCUT2D eigenvalue weighted by Crippen LogP contribution is 2.29. The van der Waals surface area contributed by atoms with Crippen molar-refractivity contribution in [3.05, 3.63) is 29.8 Å². The van der Waals surface area contributed by atoms with Gasteiger partial charge in [0.15, 0.2) is 0 Å². The molecule has 2 rings (SSSR count). The van der Waals surface area contributed by atoms with Gasteiger partial charge >= 0.3 is 0 Å². The van der Waals surface area contributed by atoms with Gasteiger partial charge in [-0.25, -0.2) is 13.1 Å². The van der Waals surface area contributed by atoms with Crippen LogP contribution in [0, 0.1) is 0 Å². The van der Waals surface area contributed by atoms with Gasteiger partial charge in [0.05, 0.1) is 18.9 Å². The summed E-state index contributed by atoms with van der Waals surface area (Å²) < 4.78 is 33.0. The minimum atomic E-state index is -3.25. The summed E-state index contributed by atoms with van der Waals surface area (Å²) in [5, 5.41) is 0. The lowest BCUT2D eigenvalue weighted by Gasteiger charge is -2.39. The van der Waals surface area contributed by atoms with Crippen LogP contribution in [0.1, 0.15) is 38.3 Å². The van der Waals surface area contributed by atoms with Crippen molar-refractivity contribution < 1.29 is 13.2 Å². The van der Waals surface area contributed by atoms with Crippen molar-refractivity contribution in [2.45, 2.75) is 32.7 Å². The molecule has 1 aliphatic rings. The highest BCUT2D eigenvalue weighted by atomic mass is 32.2. The minimum Gasteiger partial charge on any atom is -0.496 e. The second-order valence-corrected chi connectivity index (χ2v) is 8.68. The zero-order valence-electron chi connectivity index (χ0n) is 16.3. The lowest BCUT2D eigenvalue weighted by Crippen LogP contribution is -2.49. The van der Waals surface area contributed by atoms with Crippen LogP contribution in [-0.4, -0.2) is 70.3 Å². The largest absolute Gasteiger partial charge is 0.496 e. The van der Waals surface area contributed by atoms with Crippen molar-refractivity contribution in [2.24, 2.45) is 0 Å². The molecule has 1 unspecified atom stereocenters. The molecule has 0 aromatic heterocycles. The third-order valence-corrected chi connectivity index (χ3v) is 6.49. The molecule has 1 aromatic rings. The van der Waals surface area contributed by atoms with Crippen LogP contribution in [0.3, 0.4) is 0 Å². The fourth-order valence-corrected chi connectivity index (χ4v) is 4.61. The number of benzene rings is 1. The van der Waals surface area contributed by atoms with E-state index in [1.165, 1.54) is 0 Å². The van der Waals surface area contributed by atoms with Crippen molar-refractivity contribution in [3.63, 3.8) is 0 Å². The van der Waals surface area contributed by atoms with Gasteiger partial charge in [0, 0.05) is 38.3 Å². The molecule has 0 bridgehead atoms. The van der Waals surface area contributed by atoms with Gasteiger partial charge in [0.1, 0.15) is 5.75 Å². The Morgan fingerprint density at radius 3 is 2.46 bits per heavy atom. The molecule has 0 saturated carbocycles. The molecule has 7 heteroatoms. The first-order chi connectivity index (χ1) is 12.5. The van der Waals surface area contributed by atoms with Gasteiger partial charge in [0.2, 0.25) is 10.0 Å². The molecule has 1 N–H and O–H groups in total. The average Bonchev–Trinajstić information content (AvgIpc) is 2.67. The van der Waals surface area contributed by atoms with Gasteiger partial charge < -0.3 is 9.64 Å². The van der Waals surface area contributed by atoms with Gasteiger partial charge in [-0.1, -0.05) is 38.5 Å². The van der Waals surface area contributed by atoms with E-state index in [2.05, 4.69) is 21.4 Å². The number of hydrogen-bond donors (Lipinski definition) is 1. The second-order valence-electron chi connectivity index (χ2n) is 6.75. The molecule has 0 aliphatic carbocycles. The van der Waals surface area contributed by atoms with Crippen molar-refractivity contribution in [1.82, 2.24) is 14.5 Å². The third kappa shape index (κ3) is 5.94. The Morgan fingerprint density at radius 2 is 1.85 bits per heavy atom. The molecule has 1 aromatic carbocycles. The van der Waals surface area contributed by atoms with Crippen LogP contribution in [0.2, 0.25) is 0 Å². The van der Waals surface area contributed by atoms with E-state index in [0.29, 0.717) is 13.0 Å². The Labute approximate surface area is 158 Å². The van der Waals surface area contributed by atoms with Crippen molar-refractivity contribution in [3.8, 4) is 5.75 Å². The van der Waals surface area contributed by atoms with Crippen molar-refractivity contribution in [1.29, 1.82) is 0 Å². The number of para-hydroxylation sites is 1. The maximum atomic E-state index is 12.3. The van der Waals surface area contributed by atoms with Crippen LogP contribution >= 0.6 is 0 Å². The Morgan fingerprint density at radius 1 is 1.15 bits per heavy atom. The standard InChI is InChI=1S/C19H33N3O3S/c1-4-6-15-26(23,24)20-16-18(17-9-7-8-10-19(17)25-3)22-13-11-21(5-2)12-14-22/h7-10,18,20H,4-6,11-16H2,1-3H3. The summed E-state index contributed by atoms with van der Waals surface area (Å²) in [5.74, 6) is 0.995. The van der Waals surface area contributed by atoms with Gasteiger partial charge in [-0.3, -0.25) is 4.90 Å². The number of nitrogens with zero attached hydrogens (tertiary/aromatic N) is 2. The first kappa shape index (κ1) is 21.2. The van der Waals surface area contributed by atoms with Gasteiger partial charge in [0.25, 0.3) is 0 Å². The van der Waals surface area contributed by atoms with E-state index in [9.17, 15) is 8.42 Å². The quantitative estimate of drug-likeness (QED) is 0.670. The Bertz CT molecular complexity index is 643. The first-order valence-electron chi connectivity index (χ1n) is 9.57. The SMILES string of the molecule is CCCCS(=O)(=O)NCC(c1ccccc1OC)N1CCN(CC)CC1. The summed E-state index contributed by atoms with van der Waals surface area (Å²) >= 11 is 0. The molecule has 1 fully saturated rings. The molecular formula is C19H33N3O3S. The zero-order valence-corrected chi connectivity index (χ0v) is 17.1. The maximum absolute atomic E-state index is 12.3. The smallest absolute Gasteiger partial charge is 0.211 e. The number of nitrogens with one attached hydrogen (secondary N) is 1. The summed E-state index contributed by atoms with van der Waals surface area (Å²) in [7, 11) is -1.59. The van der Waals surface area contributed by atoms with E-state index < -0.39 is 10.0 Å². The number of likely N-dealkylation sites (N-methyl/N-ethyl adjacent to an activating group) is 1. The summed E-state index contributed by atoms with van der Waals surface area (Å²) in [6, 6.07) is 7.88. The molecule has 26 heavy (non-hydrogen) atoms. The van der Waals surface area contributed by atoms with Crippen LogP contribution in [0.15, 0.2) is 24.3 Å². The molecule has 0 radical (unpaired) electrons. The van der Waals surface area contributed by atoms with Crippen LogP contribution in [0.4, 0.5) is 0 Å². The highest BCUT2D eigenvalue weighted by molar-refractivity contribution is 7.89. The van der Waals surface area contributed by atoms with Gasteiger partial charge in [-0.05, 0) is 19.0 Å². The normalized spacial score (nSPS) is 18.0. The van der Waals surface area contributed by atoms with E-state index in [0.717, 1.165) is 50.5 Å². The molecule has 1 heterocycles. The number of sulfonamides is 1. The number of rotatable bonds is 10. The predicted molar refractivity (Wildman–Crippen MR) is 106 cm³/mol. The summed E-state index contributed by atoms with van der Waals surface area (Å²) in [6.45, 7) is 9.46. The molecular weight excluding hydrogens is 350 g/mol. The number of hydrogen-bond acceptors (Lipinski definition) is 5. The zero-order chi connectivity index (χ0) is 19.0. The first-order valence-corrected chi connectivity index (χ1v) is 11.2. The van der Waals surface area contributed by atoms with Crippen LogP contribution < -0.4 is 9.46 Å². The summed E-state index contributed by atoms with van der Waals surface area (Å²) in [4.78, 5) is 4.79. The Balaban J connectivity index is 2.16. The van der Waals surface area contributed by atoms with Gasteiger partial charge in [-0.2, -0.15) is 0 Å². The predicted octanol–water partition coefficient (Wildman–Crippen LogP) is 2.09. The molecule has 0 amide bonds. The average molecular weight is 384 g/mol. The highest BCUT2D eigenvalue weighted by Gasteiger charge is 2.27. The number of piperazine rings is 1. The van der Waals surface area contributed by atoms with E-state index in [-0.39, 0.29) is 11.8 Å². The lowest BCUT2D eigenvalue weighted by molar-refractivity contribution is 0.0993. The van der Waals surface area contributed by atoms with Crippen molar-refractivity contribution >= 4 is 10.0 Å². The van der Waals surface area contributed by atoms with Gasteiger partial charge in [-0.15, -0.1) is 0 Å². The monoisotopic (exact) mass is 383 g/mol. The minimum absolute atomic E-state index is 0.0263. The van der Waals surface area contributed by atoms with E-state index in [1.54, 1.807) is 7.11 Å². The fourth-order valence-electron chi connectivity index (χ4n) is 3.38. The third-order valence-electron chi connectivity index (χ3n) is 5.06. The molecule has 0 spiro atoms. The fraction of sp³-hybridized carbons (Fsp3) is 0.684. The van der Waals surface area contributed by atoms with Crippen LogP contribution in [0.5, 0.6) is 5.75 Å². The Kier molecular flexibility index (Phi) is 8.34. The molecule has 1 saturated heterocycles. The number of ether oxygens (including phenoxy) is 1. The maximum Gasteiger partial charge on any atom is 0.211 e. The van der Waals surface area contributed by atoms with E-state index >= 15 is 0 Å². The molecule has 1 atom stereocenters.